The van der Waals surface area contributed by atoms with Crippen LogP contribution in [0.3, 0.4) is 0 Å². The number of hydrogen-bond donors (Lipinski definition) is 0. The minimum atomic E-state index is 1.08. The van der Waals surface area contributed by atoms with Crippen LogP contribution in [0.5, 0.6) is 0 Å². The predicted octanol–water partition coefficient (Wildman–Crippen LogP) is 26.2. The van der Waals surface area contributed by atoms with Gasteiger partial charge in [0, 0.05) is 86.6 Å². The molecule has 0 bridgehead atoms. The van der Waals surface area contributed by atoms with Gasteiger partial charge in [0.1, 0.15) is 0 Å². The molecule has 0 radical (unpaired) electrons. The number of fused-ring (bicyclic) bond motifs is 12. The molecule has 0 atom stereocenters. The van der Waals surface area contributed by atoms with Gasteiger partial charge in [0.2, 0.25) is 0 Å². The summed E-state index contributed by atoms with van der Waals surface area (Å²) >= 11 is 3.74. The topological polar surface area (TPSA) is 16.3 Å². The van der Waals surface area contributed by atoms with Crippen LogP contribution in [0.4, 0.5) is 34.1 Å². The summed E-state index contributed by atoms with van der Waals surface area (Å²) in [5, 5.41) is 9.85. The second-order valence-corrected chi connectivity index (χ2v) is 26.9. The van der Waals surface area contributed by atoms with Gasteiger partial charge in [-0.25, -0.2) is 0 Å². The van der Waals surface area contributed by atoms with Crippen molar-refractivity contribution in [2.24, 2.45) is 0 Å². The second-order valence-electron chi connectivity index (χ2n) is 24.8. The van der Waals surface area contributed by atoms with Gasteiger partial charge in [-0.2, -0.15) is 0 Å². The molecule has 0 unspecified atom stereocenters. The maximum Gasteiger partial charge on any atom is 0.0640 e. The third-order valence-electron chi connectivity index (χ3n) is 19.3. The van der Waals surface area contributed by atoms with E-state index in [1.165, 1.54) is 106 Å². The first kappa shape index (κ1) is 55.6. The van der Waals surface area contributed by atoms with Crippen molar-refractivity contribution in [1.29, 1.82) is 0 Å². The standard InChI is InChI=1S/C90H58N4S2/c1-5-20-59(21-6-1)61-36-38-62(39-37-61)64-42-47-68(48-43-64)91(81-33-19-31-78-77-29-14-17-34-86(77)95-89(78)81)70-50-53-76-74-51-44-65(56-83(74)94(85(76)58-70)67-26-11-4-12-27-67)72-54-55-82(90-88(72)79-30-15-18-35-87(79)96-90)92(69-45-40-63(41-46-69)60-22-7-2-8-23-60)71-49-52-75-73-28-13-16-32-80(73)93(84(75)57-71)66-24-9-3-10-25-66/h1-58H. The van der Waals surface area contributed by atoms with Crippen LogP contribution in [0, 0.1) is 0 Å². The number of benzene rings is 15. The van der Waals surface area contributed by atoms with E-state index in [0.717, 1.165) is 67.6 Å². The molecule has 0 spiro atoms. The van der Waals surface area contributed by atoms with E-state index in [2.05, 4.69) is 371 Å². The summed E-state index contributed by atoms with van der Waals surface area (Å²) in [7, 11) is 0. The van der Waals surface area contributed by atoms with Crippen molar-refractivity contribution in [1.82, 2.24) is 9.13 Å². The molecule has 6 heteroatoms. The number of thiophene rings is 2. The van der Waals surface area contributed by atoms with Crippen molar-refractivity contribution in [3.63, 3.8) is 0 Å². The van der Waals surface area contributed by atoms with E-state index >= 15 is 0 Å². The number of para-hydroxylation sites is 3. The van der Waals surface area contributed by atoms with E-state index in [1.807, 2.05) is 22.7 Å². The average molecular weight is 1260 g/mol. The molecular formula is C90H58N4S2. The molecule has 0 N–H and O–H groups in total. The molecule has 96 heavy (non-hydrogen) atoms. The minimum absolute atomic E-state index is 1.08. The van der Waals surface area contributed by atoms with Crippen molar-refractivity contribution >= 4 is 141 Å². The minimum Gasteiger partial charge on any atom is -0.309 e. The van der Waals surface area contributed by atoms with Gasteiger partial charge in [0.05, 0.1) is 42.8 Å². The largest absolute Gasteiger partial charge is 0.309 e. The SMILES string of the molecule is c1ccc(-c2ccc(-c3ccc(N(c4ccc5c6ccc(-c7ccc(N(c8ccc(-c9ccccc9)cc8)c8ccc9c%10ccccc%10n(-c%10ccccc%10)c9c8)c8sc9ccccc9c78)cc6n(-c6ccccc6)c5c4)c4cccc5c4sc4ccccc45)cc3)cc2)cc1. The first-order chi connectivity index (χ1) is 47.6. The summed E-state index contributed by atoms with van der Waals surface area (Å²) in [6, 6.07) is 130. The van der Waals surface area contributed by atoms with Crippen LogP contribution < -0.4 is 9.80 Å². The Balaban J connectivity index is 0.785. The van der Waals surface area contributed by atoms with Crippen LogP contribution in [-0.2, 0) is 0 Å². The summed E-state index contributed by atoms with van der Waals surface area (Å²) in [6.07, 6.45) is 0. The average Bonchev–Trinajstić information content (AvgIpc) is 1.56. The van der Waals surface area contributed by atoms with Gasteiger partial charge in [-0.05, 0) is 154 Å². The Hall–Kier alpha value is -12.1. The molecule has 19 aromatic rings. The quantitative estimate of drug-likeness (QED) is 0.121. The van der Waals surface area contributed by atoms with Gasteiger partial charge in [0.25, 0.3) is 0 Å². The van der Waals surface area contributed by atoms with Gasteiger partial charge in [-0.1, -0.05) is 243 Å². The molecule has 0 aliphatic heterocycles. The lowest BCUT2D eigenvalue weighted by atomic mass is 9.97. The van der Waals surface area contributed by atoms with Crippen LogP contribution in [0.25, 0.3) is 140 Å². The van der Waals surface area contributed by atoms with E-state index in [-0.39, 0.29) is 0 Å². The lowest BCUT2D eigenvalue weighted by molar-refractivity contribution is 1.18. The highest BCUT2D eigenvalue weighted by molar-refractivity contribution is 7.27. The van der Waals surface area contributed by atoms with Crippen molar-refractivity contribution < 1.29 is 0 Å². The normalized spacial score (nSPS) is 11.8. The van der Waals surface area contributed by atoms with E-state index in [1.54, 1.807) is 0 Å². The molecular weight excluding hydrogens is 1200 g/mol. The summed E-state index contributed by atoms with van der Waals surface area (Å²) in [4.78, 5) is 4.96. The highest BCUT2D eigenvalue weighted by atomic mass is 32.1. The fourth-order valence-electron chi connectivity index (χ4n) is 14.8. The summed E-state index contributed by atoms with van der Waals surface area (Å²) in [5.74, 6) is 0. The molecule has 4 aromatic heterocycles. The fraction of sp³-hybridized carbons (Fsp3) is 0. The molecule has 4 nitrogen and oxygen atoms in total. The van der Waals surface area contributed by atoms with Crippen LogP contribution in [-0.4, -0.2) is 9.13 Å². The number of rotatable bonds is 12. The van der Waals surface area contributed by atoms with Crippen LogP contribution in [0.2, 0.25) is 0 Å². The monoisotopic (exact) mass is 1260 g/mol. The first-order valence-corrected chi connectivity index (χ1v) is 34.3. The lowest BCUT2D eigenvalue weighted by Gasteiger charge is -2.27. The number of nitrogens with zero attached hydrogens (tertiary/aromatic N) is 4. The zero-order valence-electron chi connectivity index (χ0n) is 52.1. The van der Waals surface area contributed by atoms with Crippen molar-refractivity contribution in [2.45, 2.75) is 0 Å². The Morgan fingerprint density at radius 1 is 0.219 bits per heavy atom. The van der Waals surface area contributed by atoms with Crippen molar-refractivity contribution in [2.75, 3.05) is 9.80 Å². The highest BCUT2D eigenvalue weighted by Gasteiger charge is 2.26. The van der Waals surface area contributed by atoms with E-state index < -0.39 is 0 Å². The molecule has 15 aromatic carbocycles. The third-order valence-corrected chi connectivity index (χ3v) is 21.7. The van der Waals surface area contributed by atoms with Gasteiger partial charge >= 0.3 is 0 Å². The summed E-state index contributed by atoms with van der Waals surface area (Å²) in [5.41, 5.74) is 22.9. The zero-order chi connectivity index (χ0) is 63.2. The first-order valence-electron chi connectivity index (χ1n) is 32.7. The number of anilines is 6. The fourth-order valence-corrected chi connectivity index (χ4v) is 17.3. The van der Waals surface area contributed by atoms with Crippen molar-refractivity contribution in [3.8, 4) is 55.9 Å². The molecule has 19 rings (SSSR count). The maximum absolute atomic E-state index is 2.49. The molecule has 0 saturated heterocycles. The van der Waals surface area contributed by atoms with Crippen LogP contribution in [0.1, 0.15) is 0 Å². The Kier molecular flexibility index (Phi) is 13.3. The predicted molar refractivity (Wildman–Crippen MR) is 412 cm³/mol. The zero-order valence-corrected chi connectivity index (χ0v) is 53.7. The van der Waals surface area contributed by atoms with E-state index in [4.69, 9.17) is 0 Å². The molecule has 0 amide bonds. The third kappa shape index (κ3) is 9.25. The van der Waals surface area contributed by atoms with E-state index in [9.17, 15) is 0 Å². The molecule has 0 fully saturated rings. The molecule has 450 valence electrons. The van der Waals surface area contributed by atoms with Crippen LogP contribution in [0.15, 0.2) is 352 Å². The lowest BCUT2D eigenvalue weighted by Crippen LogP contribution is -2.10. The summed E-state index contributed by atoms with van der Waals surface area (Å²) < 4.78 is 9.91. The molecule has 0 saturated carbocycles. The second kappa shape index (κ2) is 22.9. The highest BCUT2D eigenvalue weighted by Crippen LogP contribution is 2.51. The van der Waals surface area contributed by atoms with Gasteiger partial charge in [0.15, 0.2) is 0 Å². The van der Waals surface area contributed by atoms with Gasteiger partial charge in [-0.15, -0.1) is 22.7 Å². The Labute approximate surface area is 563 Å². The Morgan fingerprint density at radius 3 is 1.16 bits per heavy atom. The van der Waals surface area contributed by atoms with Gasteiger partial charge < -0.3 is 18.9 Å². The number of hydrogen-bond acceptors (Lipinski definition) is 4. The number of aromatic nitrogens is 2. The van der Waals surface area contributed by atoms with Crippen LogP contribution >= 0.6 is 22.7 Å². The van der Waals surface area contributed by atoms with Crippen molar-refractivity contribution in [3.05, 3.63) is 352 Å². The molecule has 0 aliphatic rings. The van der Waals surface area contributed by atoms with E-state index in [0.29, 0.717) is 0 Å². The summed E-state index contributed by atoms with van der Waals surface area (Å²) in [6.45, 7) is 0. The Morgan fingerprint density at radius 2 is 0.594 bits per heavy atom. The smallest absolute Gasteiger partial charge is 0.0640 e. The molecule has 4 heterocycles. The maximum atomic E-state index is 2.49. The Bertz CT molecular complexity index is 6170. The van der Waals surface area contributed by atoms with Gasteiger partial charge in [-0.3, -0.25) is 0 Å². The molecule has 0 aliphatic carbocycles.